The molecule has 3 aliphatic heterocycles. The molecule has 1 spiro atoms. The third-order valence-corrected chi connectivity index (χ3v) is 7.13. The molecule has 8 heteroatoms. The summed E-state index contributed by atoms with van der Waals surface area (Å²) in [6.45, 7) is 15.1. The third-order valence-electron chi connectivity index (χ3n) is 7.13. The standard InChI is InChI=1S/C24H36N2O6/c1-7-11-25(15(5)6)22(29)20-24-10-9-17(32-24)18(23(30)31-12-8-2)19(24)21(28)26(20)16(13-27)14(3)4/h7-8,14-20,27H,1-2,9-13H2,3-6H3/t16-,17-,18+,19-,20?,24?/m0/s1. The van der Waals surface area contributed by atoms with Crippen molar-refractivity contribution in [2.75, 3.05) is 19.8 Å². The van der Waals surface area contributed by atoms with E-state index in [-0.39, 0.29) is 37.0 Å². The Morgan fingerprint density at radius 3 is 2.53 bits per heavy atom. The molecule has 2 bridgehead atoms. The zero-order valence-electron chi connectivity index (χ0n) is 19.5. The summed E-state index contributed by atoms with van der Waals surface area (Å²) in [4.78, 5) is 43.9. The largest absolute Gasteiger partial charge is 0.461 e. The van der Waals surface area contributed by atoms with E-state index in [9.17, 15) is 19.5 Å². The van der Waals surface area contributed by atoms with Crippen LogP contribution in [0.15, 0.2) is 25.3 Å². The molecule has 2 amide bonds. The predicted molar refractivity (Wildman–Crippen MR) is 118 cm³/mol. The van der Waals surface area contributed by atoms with E-state index >= 15 is 0 Å². The number of aliphatic hydroxyl groups excluding tert-OH is 1. The first-order chi connectivity index (χ1) is 15.2. The second-order valence-corrected chi connectivity index (χ2v) is 9.59. The van der Waals surface area contributed by atoms with Crippen molar-refractivity contribution in [2.24, 2.45) is 17.8 Å². The number of fused-ring (bicyclic) bond motifs is 1. The molecule has 32 heavy (non-hydrogen) atoms. The van der Waals surface area contributed by atoms with Gasteiger partial charge in [0.25, 0.3) is 0 Å². The molecule has 0 aliphatic carbocycles. The molecular formula is C24H36N2O6. The second-order valence-electron chi connectivity index (χ2n) is 9.59. The van der Waals surface area contributed by atoms with Crippen LogP contribution in [-0.2, 0) is 23.9 Å². The Balaban J connectivity index is 2.09. The van der Waals surface area contributed by atoms with Crippen molar-refractivity contribution >= 4 is 17.8 Å². The fourth-order valence-corrected chi connectivity index (χ4v) is 5.70. The Morgan fingerprint density at radius 1 is 1.31 bits per heavy atom. The maximum absolute atomic E-state index is 13.9. The van der Waals surface area contributed by atoms with Crippen LogP contribution in [0.3, 0.4) is 0 Å². The zero-order chi connectivity index (χ0) is 23.8. The summed E-state index contributed by atoms with van der Waals surface area (Å²) in [6.07, 6.45) is 3.75. The summed E-state index contributed by atoms with van der Waals surface area (Å²) in [7, 11) is 0. The number of likely N-dealkylation sites (tertiary alicyclic amines) is 1. The average Bonchev–Trinajstić information content (AvgIpc) is 3.38. The molecule has 3 fully saturated rings. The number of rotatable bonds is 10. The highest BCUT2D eigenvalue weighted by Crippen LogP contribution is 2.59. The number of hydrogen-bond donors (Lipinski definition) is 1. The molecular weight excluding hydrogens is 412 g/mol. The molecule has 6 atom stereocenters. The first-order valence-electron chi connectivity index (χ1n) is 11.5. The molecule has 3 rings (SSSR count). The Labute approximate surface area is 190 Å². The first-order valence-corrected chi connectivity index (χ1v) is 11.5. The SMILES string of the molecule is C=CCOC(=O)[C@@H]1[C@@H]2CCC3(O2)C(C(=O)N(CC=C)C(C)C)N([C@@H](CO)C(C)C)C(=O)[C@H]13. The van der Waals surface area contributed by atoms with Gasteiger partial charge in [-0.2, -0.15) is 0 Å². The smallest absolute Gasteiger partial charge is 0.312 e. The van der Waals surface area contributed by atoms with E-state index in [1.165, 1.54) is 11.0 Å². The zero-order valence-corrected chi connectivity index (χ0v) is 19.5. The highest BCUT2D eigenvalue weighted by atomic mass is 16.6. The summed E-state index contributed by atoms with van der Waals surface area (Å²) in [6, 6.07) is -1.60. The van der Waals surface area contributed by atoms with Crippen LogP contribution in [0.2, 0.25) is 0 Å². The van der Waals surface area contributed by atoms with Gasteiger partial charge in [-0.1, -0.05) is 32.6 Å². The molecule has 0 aromatic heterocycles. The lowest BCUT2D eigenvalue weighted by atomic mass is 9.70. The molecule has 0 aromatic carbocycles. The highest BCUT2D eigenvalue weighted by molar-refractivity contribution is 5.98. The molecule has 2 unspecified atom stereocenters. The van der Waals surface area contributed by atoms with Gasteiger partial charge in [-0.25, -0.2) is 0 Å². The van der Waals surface area contributed by atoms with Crippen molar-refractivity contribution in [3.8, 4) is 0 Å². The van der Waals surface area contributed by atoms with Crippen LogP contribution in [0, 0.1) is 17.8 Å². The quantitative estimate of drug-likeness (QED) is 0.402. The minimum Gasteiger partial charge on any atom is -0.461 e. The summed E-state index contributed by atoms with van der Waals surface area (Å²) >= 11 is 0. The van der Waals surface area contributed by atoms with Gasteiger partial charge < -0.3 is 24.4 Å². The molecule has 3 aliphatic rings. The van der Waals surface area contributed by atoms with Gasteiger partial charge in [-0.15, -0.1) is 6.58 Å². The van der Waals surface area contributed by atoms with E-state index in [0.29, 0.717) is 19.4 Å². The van der Waals surface area contributed by atoms with E-state index in [2.05, 4.69) is 13.2 Å². The minimum absolute atomic E-state index is 0.0494. The maximum Gasteiger partial charge on any atom is 0.312 e. The molecule has 3 saturated heterocycles. The van der Waals surface area contributed by atoms with Gasteiger partial charge in [0, 0.05) is 12.6 Å². The van der Waals surface area contributed by atoms with E-state index in [1.54, 1.807) is 11.0 Å². The van der Waals surface area contributed by atoms with Gasteiger partial charge in [-0.3, -0.25) is 14.4 Å². The summed E-state index contributed by atoms with van der Waals surface area (Å²) in [5, 5.41) is 10.2. The van der Waals surface area contributed by atoms with Crippen molar-refractivity contribution in [1.82, 2.24) is 9.80 Å². The Morgan fingerprint density at radius 2 is 2.00 bits per heavy atom. The molecule has 178 valence electrons. The van der Waals surface area contributed by atoms with Crippen LogP contribution in [-0.4, -0.2) is 82.3 Å². The van der Waals surface area contributed by atoms with Gasteiger partial charge in [0.05, 0.1) is 30.6 Å². The van der Waals surface area contributed by atoms with Crippen LogP contribution in [0.1, 0.15) is 40.5 Å². The fourth-order valence-electron chi connectivity index (χ4n) is 5.70. The number of amides is 2. The number of nitrogens with zero attached hydrogens (tertiary/aromatic N) is 2. The lowest BCUT2D eigenvalue weighted by molar-refractivity contribution is -0.156. The Hall–Kier alpha value is -2.19. The molecule has 0 saturated carbocycles. The summed E-state index contributed by atoms with van der Waals surface area (Å²) in [5.41, 5.74) is -1.10. The fraction of sp³-hybridized carbons (Fsp3) is 0.708. The number of carbonyl (C=O) groups is 3. The van der Waals surface area contributed by atoms with E-state index in [1.807, 2.05) is 27.7 Å². The third kappa shape index (κ3) is 3.67. The van der Waals surface area contributed by atoms with Crippen LogP contribution in [0.5, 0.6) is 0 Å². The monoisotopic (exact) mass is 448 g/mol. The average molecular weight is 449 g/mol. The number of hydrogen-bond acceptors (Lipinski definition) is 6. The summed E-state index contributed by atoms with van der Waals surface area (Å²) < 4.78 is 11.7. The number of aliphatic hydroxyl groups is 1. The van der Waals surface area contributed by atoms with Gasteiger partial charge in [0.15, 0.2) is 0 Å². The lowest BCUT2D eigenvalue weighted by Gasteiger charge is -2.41. The van der Waals surface area contributed by atoms with Gasteiger partial charge in [0.2, 0.25) is 11.8 Å². The molecule has 1 N–H and O–H groups in total. The molecule has 0 radical (unpaired) electrons. The van der Waals surface area contributed by atoms with Gasteiger partial charge in [-0.05, 0) is 32.6 Å². The van der Waals surface area contributed by atoms with Crippen molar-refractivity contribution < 1.29 is 29.0 Å². The molecule has 8 nitrogen and oxygen atoms in total. The molecule has 3 heterocycles. The van der Waals surface area contributed by atoms with Crippen molar-refractivity contribution in [3.05, 3.63) is 25.3 Å². The minimum atomic E-state index is -1.10. The van der Waals surface area contributed by atoms with Crippen LogP contribution >= 0.6 is 0 Å². The van der Waals surface area contributed by atoms with Crippen molar-refractivity contribution in [3.63, 3.8) is 0 Å². The van der Waals surface area contributed by atoms with Gasteiger partial charge in [0.1, 0.15) is 18.2 Å². The van der Waals surface area contributed by atoms with Crippen LogP contribution in [0.25, 0.3) is 0 Å². The lowest BCUT2D eigenvalue weighted by Crippen LogP contribution is -2.60. The number of carbonyl (C=O) groups excluding carboxylic acids is 3. The second kappa shape index (κ2) is 9.35. The van der Waals surface area contributed by atoms with Gasteiger partial charge >= 0.3 is 5.97 Å². The first kappa shape index (κ1) is 24.5. The van der Waals surface area contributed by atoms with Crippen molar-refractivity contribution in [1.29, 1.82) is 0 Å². The van der Waals surface area contributed by atoms with E-state index in [0.717, 1.165) is 0 Å². The number of esters is 1. The molecule has 0 aromatic rings. The number of ether oxygens (including phenoxy) is 2. The predicted octanol–water partition coefficient (Wildman–Crippen LogP) is 1.53. The van der Waals surface area contributed by atoms with Crippen molar-refractivity contribution in [2.45, 2.75) is 70.4 Å². The van der Waals surface area contributed by atoms with Crippen LogP contribution in [0.4, 0.5) is 0 Å². The maximum atomic E-state index is 13.9. The Bertz CT molecular complexity index is 780. The Kier molecular flexibility index (Phi) is 7.15. The van der Waals surface area contributed by atoms with Crippen LogP contribution < -0.4 is 0 Å². The summed E-state index contributed by atoms with van der Waals surface area (Å²) in [5.74, 6) is -2.73. The normalized spacial score (nSPS) is 31.7. The van der Waals surface area contributed by atoms with E-state index in [4.69, 9.17) is 9.47 Å². The topological polar surface area (TPSA) is 96.4 Å². The highest BCUT2D eigenvalue weighted by Gasteiger charge is 2.75. The van der Waals surface area contributed by atoms with E-state index < -0.39 is 41.6 Å².